The second-order valence-electron chi connectivity index (χ2n) is 6.32. The van der Waals surface area contributed by atoms with E-state index in [0.717, 1.165) is 0 Å². The third-order valence-electron chi connectivity index (χ3n) is 3.92. The maximum Gasteiger partial charge on any atom is 0.254 e. The molecule has 1 fully saturated rings. The lowest BCUT2D eigenvalue weighted by Crippen LogP contribution is -2.54. The lowest BCUT2D eigenvalue weighted by molar-refractivity contribution is -0.154. The summed E-state index contributed by atoms with van der Waals surface area (Å²) < 4.78 is 16.4. The standard InChI is InChI=1S/C17H25NO5/c1-16(2,21-3)15(19)18-9-10-22-12-17(20,11-18)13-23-14-7-5-4-6-8-14/h4-8,20H,9-13H2,1-3H3/t17-/m0/s1. The molecule has 2 rings (SSSR count). The Bertz CT molecular complexity index is 519. The van der Waals surface area contributed by atoms with Crippen LogP contribution < -0.4 is 4.74 Å². The molecule has 0 saturated carbocycles. The number of para-hydroxylation sites is 1. The van der Waals surface area contributed by atoms with Crippen LogP contribution in [0.1, 0.15) is 13.8 Å². The van der Waals surface area contributed by atoms with Gasteiger partial charge in [0.1, 0.15) is 23.6 Å². The van der Waals surface area contributed by atoms with Gasteiger partial charge in [0, 0.05) is 13.7 Å². The summed E-state index contributed by atoms with van der Waals surface area (Å²) >= 11 is 0. The molecule has 1 N–H and O–H groups in total. The number of carbonyl (C=O) groups is 1. The number of aliphatic hydroxyl groups is 1. The number of hydrogen-bond acceptors (Lipinski definition) is 5. The van der Waals surface area contributed by atoms with Gasteiger partial charge < -0.3 is 24.2 Å². The highest BCUT2D eigenvalue weighted by Crippen LogP contribution is 2.20. The Hall–Kier alpha value is -1.63. The van der Waals surface area contributed by atoms with Crippen LogP contribution in [0.2, 0.25) is 0 Å². The average molecular weight is 323 g/mol. The van der Waals surface area contributed by atoms with E-state index in [4.69, 9.17) is 14.2 Å². The SMILES string of the molecule is COC(C)(C)C(=O)N1CCOC[C@](O)(COc2ccccc2)C1. The molecule has 23 heavy (non-hydrogen) atoms. The van der Waals surface area contributed by atoms with Crippen LogP contribution in [0.15, 0.2) is 30.3 Å². The molecule has 1 aliphatic rings. The average Bonchev–Trinajstić information content (AvgIpc) is 2.75. The van der Waals surface area contributed by atoms with Crippen molar-refractivity contribution in [2.45, 2.75) is 25.0 Å². The van der Waals surface area contributed by atoms with Gasteiger partial charge in [0.2, 0.25) is 0 Å². The Morgan fingerprint density at radius 1 is 1.39 bits per heavy atom. The Morgan fingerprint density at radius 3 is 2.74 bits per heavy atom. The summed E-state index contributed by atoms with van der Waals surface area (Å²) in [5.74, 6) is 0.490. The molecule has 6 heteroatoms. The lowest BCUT2D eigenvalue weighted by Gasteiger charge is -2.34. The number of amides is 1. The molecule has 0 aliphatic carbocycles. The smallest absolute Gasteiger partial charge is 0.254 e. The summed E-state index contributed by atoms with van der Waals surface area (Å²) in [5, 5.41) is 10.8. The van der Waals surface area contributed by atoms with Crippen molar-refractivity contribution < 1.29 is 24.1 Å². The number of hydrogen-bond donors (Lipinski definition) is 1. The zero-order chi connectivity index (χ0) is 16.9. The number of nitrogens with zero attached hydrogens (tertiary/aromatic N) is 1. The highest BCUT2D eigenvalue weighted by atomic mass is 16.5. The minimum atomic E-state index is -1.26. The summed E-state index contributed by atoms with van der Waals surface area (Å²) in [4.78, 5) is 14.1. The van der Waals surface area contributed by atoms with Crippen molar-refractivity contribution in [3.05, 3.63) is 30.3 Å². The maximum atomic E-state index is 12.6. The van der Waals surface area contributed by atoms with Crippen molar-refractivity contribution in [1.82, 2.24) is 4.90 Å². The Morgan fingerprint density at radius 2 is 2.09 bits per heavy atom. The minimum absolute atomic E-state index is 0.0498. The molecule has 0 radical (unpaired) electrons. The highest BCUT2D eigenvalue weighted by molar-refractivity contribution is 5.84. The monoisotopic (exact) mass is 323 g/mol. The first-order valence-electron chi connectivity index (χ1n) is 7.69. The Kier molecular flexibility index (Phi) is 5.62. The normalized spacial score (nSPS) is 22.5. The molecule has 128 valence electrons. The summed E-state index contributed by atoms with van der Waals surface area (Å²) in [6.45, 7) is 4.52. The molecule has 6 nitrogen and oxygen atoms in total. The van der Waals surface area contributed by atoms with Crippen LogP contribution in [0.5, 0.6) is 5.75 Å². The number of β-amino-alcohol motifs (C(OH)–C–C–N with tert-alkyl or cyclic N) is 1. The quantitative estimate of drug-likeness (QED) is 0.878. The van der Waals surface area contributed by atoms with E-state index < -0.39 is 11.2 Å². The zero-order valence-electron chi connectivity index (χ0n) is 13.9. The number of benzene rings is 1. The first-order valence-corrected chi connectivity index (χ1v) is 7.69. The van der Waals surface area contributed by atoms with Crippen molar-refractivity contribution in [2.24, 2.45) is 0 Å². The third-order valence-corrected chi connectivity index (χ3v) is 3.92. The van der Waals surface area contributed by atoms with Gasteiger partial charge in [-0.25, -0.2) is 0 Å². The van der Waals surface area contributed by atoms with Crippen molar-refractivity contribution in [3.8, 4) is 5.75 Å². The predicted molar refractivity (Wildman–Crippen MR) is 85.4 cm³/mol. The van der Waals surface area contributed by atoms with Crippen LogP contribution >= 0.6 is 0 Å². The molecular weight excluding hydrogens is 298 g/mol. The fourth-order valence-corrected chi connectivity index (χ4v) is 2.38. The minimum Gasteiger partial charge on any atom is -0.490 e. The molecule has 1 aromatic rings. The van der Waals surface area contributed by atoms with Crippen LogP contribution in [-0.2, 0) is 14.3 Å². The number of methoxy groups -OCH3 is 1. The number of rotatable bonds is 5. The van der Waals surface area contributed by atoms with Crippen molar-refractivity contribution in [3.63, 3.8) is 0 Å². The van der Waals surface area contributed by atoms with Gasteiger partial charge in [0.15, 0.2) is 0 Å². The molecule has 1 aromatic carbocycles. The van der Waals surface area contributed by atoms with E-state index in [-0.39, 0.29) is 25.7 Å². The summed E-state index contributed by atoms with van der Waals surface area (Å²) in [6.07, 6.45) is 0. The molecule has 0 spiro atoms. The largest absolute Gasteiger partial charge is 0.490 e. The van der Waals surface area contributed by atoms with Crippen molar-refractivity contribution in [2.75, 3.05) is 40.0 Å². The van der Waals surface area contributed by atoms with E-state index in [1.54, 1.807) is 18.7 Å². The van der Waals surface area contributed by atoms with E-state index in [1.165, 1.54) is 7.11 Å². The van der Waals surface area contributed by atoms with E-state index in [1.807, 2.05) is 30.3 Å². The second kappa shape index (κ2) is 7.29. The first-order chi connectivity index (χ1) is 10.9. The second-order valence-corrected chi connectivity index (χ2v) is 6.32. The van der Waals surface area contributed by atoms with Gasteiger partial charge in [0.05, 0.1) is 19.8 Å². The number of ether oxygens (including phenoxy) is 3. The highest BCUT2D eigenvalue weighted by Gasteiger charge is 2.39. The molecule has 1 saturated heterocycles. The molecule has 1 heterocycles. The molecule has 1 aliphatic heterocycles. The van der Waals surface area contributed by atoms with Gasteiger partial charge in [-0.1, -0.05) is 18.2 Å². The topological polar surface area (TPSA) is 68.2 Å². The van der Waals surface area contributed by atoms with Crippen LogP contribution in [0.25, 0.3) is 0 Å². The molecule has 0 unspecified atom stereocenters. The Labute approximate surface area is 136 Å². The van der Waals surface area contributed by atoms with E-state index >= 15 is 0 Å². The summed E-state index contributed by atoms with van der Waals surface area (Å²) in [7, 11) is 1.50. The van der Waals surface area contributed by atoms with E-state index in [0.29, 0.717) is 18.9 Å². The predicted octanol–water partition coefficient (Wildman–Crippen LogP) is 1.08. The third kappa shape index (κ3) is 4.67. The van der Waals surface area contributed by atoms with Crippen LogP contribution in [0, 0.1) is 0 Å². The number of carbonyl (C=O) groups excluding carboxylic acids is 1. The van der Waals surface area contributed by atoms with E-state index in [9.17, 15) is 9.90 Å². The molecule has 0 aromatic heterocycles. The van der Waals surface area contributed by atoms with Crippen LogP contribution in [-0.4, -0.2) is 67.1 Å². The van der Waals surface area contributed by atoms with Gasteiger partial charge in [-0.05, 0) is 26.0 Å². The molecular formula is C17H25NO5. The van der Waals surface area contributed by atoms with Gasteiger partial charge in [0.25, 0.3) is 5.91 Å². The molecule has 1 amide bonds. The lowest BCUT2D eigenvalue weighted by atomic mass is 10.0. The molecule has 0 bridgehead atoms. The maximum absolute atomic E-state index is 12.6. The van der Waals surface area contributed by atoms with Gasteiger partial charge in [-0.2, -0.15) is 0 Å². The summed E-state index contributed by atoms with van der Waals surface area (Å²) in [5.41, 5.74) is -2.20. The van der Waals surface area contributed by atoms with Crippen LogP contribution in [0.4, 0.5) is 0 Å². The van der Waals surface area contributed by atoms with Crippen LogP contribution in [0.3, 0.4) is 0 Å². The summed E-state index contributed by atoms with van der Waals surface area (Å²) in [6, 6.07) is 9.25. The van der Waals surface area contributed by atoms with Crippen molar-refractivity contribution >= 4 is 5.91 Å². The van der Waals surface area contributed by atoms with E-state index in [2.05, 4.69) is 0 Å². The fraction of sp³-hybridized carbons (Fsp3) is 0.588. The molecule has 1 atom stereocenters. The van der Waals surface area contributed by atoms with Gasteiger partial charge in [-0.3, -0.25) is 4.79 Å². The Balaban J connectivity index is 2.04. The fourth-order valence-electron chi connectivity index (χ4n) is 2.38. The first kappa shape index (κ1) is 17.7. The van der Waals surface area contributed by atoms with Gasteiger partial charge >= 0.3 is 0 Å². The van der Waals surface area contributed by atoms with Gasteiger partial charge in [-0.15, -0.1) is 0 Å². The van der Waals surface area contributed by atoms with Crippen molar-refractivity contribution in [1.29, 1.82) is 0 Å². The zero-order valence-corrected chi connectivity index (χ0v) is 13.9.